The van der Waals surface area contributed by atoms with Gasteiger partial charge in [0.2, 0.25) is 12.5 Å². The zero-order chi connectivity index (χ0) is 25.5. The van der Waals surface area contributed by atoms with Crippen molar-refractivity contribution in [1.82, 2.24) is 0 Å². The first-order valence-corrected chi connectivity index (χ1v) is 14.1. The van der Waals surface area contributed by atoms with E-state index >= 15 is 4.57 Å². The van der Waals surface area contributed by atoms with E-state index in [2.05, 4.69) is 22.6 Å². The van der Waals surface area contributed by atoms with Crippen molar-refractivity contribution in [1.29, 1.82) is 0 Å². The van der Waals surface area contributed by atoms with Crippen LogP contribution in [-0.4, -0.2) is 27.6 Å². The van der Waals surface area contributed by atoms with E-state index in [1.54, 1.807) is 14.2 Å². The van der Waals surface area contributed by atoms with Gasteiger partial charge in [0.15, 0.2) is 18.6 Å². The van der Waals surface area contributed by atoms with Crippen LogP contribution in [0, 0.1) is 31.3 Å². The van der Waals surface area contributed by atoms with Gasteiger partial charge >= 0.3 is 0 Å². The van der Waals surface area contributed by atoms with Crippen molar-refractivity contribution in [2.45, 2.75) is 34.6 Å². The highest BCUT2D eigenvalue weighted by Crippen LogP contribution is 2.52. The SMILES string of the molecule is CCOc1cc(P(=O)(c2cc(C)c(OC)c(C)c2)c2cc(C)c(OC)c(C)c2)c(I)c2c1OCO2. The van der Waals surface area contributed by atoms with Crippen molar-refractivity contribution in [3.05, 3.63) is 56.2 Å². The highest BCUT2D eigenvalue weighted by molar-refractivity contribution is 14.1. The highest BCUT2D eigenvalue weighted by atomic mass is 127. The molecule has 0 radical (unpaired) electrons. The highest BCUT2D eigenvalue weighted by Gasteiger charge is 2.38. The summed E-state index contributed by atoms with van der Waals surface area (Å²) in [5.41, 5.74) is 3.69. The van der Waals surface area contributed by atoms with Crippen molar-refractivity contribution >= 4 is 45.6 Å². The Balaban J connectivity index is 2.11. The first kappa shape index (κ1) is 25.7. The van der Waals surface area contributed by atoms with Crippen LogP contribution in [0.25, 0.3) is 0 Å². The van der Waals surface area contributed by atoms with Gasteiger partial charge in [-0.2, -0.15) is 0 Å². The fourth-order valence-corrected chi connectivity index (χ4v) is 9.38. The zero-order valence-electron chi connectivity index (χ0n) is 21.1. The average molecular weight is 608 g/mol. The molecule has 0 atom stereocenters. The number of ether oxygens (including phenoxy) is 5. The number of halogens is 1. The van der Waals surface area contributed by atoms with E-state index in [1.807, 2.05) is 65.0 Å². The molecule has 0 amide bonds. The molecule has 4 rings (SSSR count). The maximum Gasteiger partial charge on any atom is 0.231 e. The van der Waals surface area contributed by atoms with Crippen LogP contribution in [0.15, 0.2) is 30.3 Å². The van der Waals surface area contributed by atoms with E-state index in [9.17, 15) is 0 Å². The zero-order valence-corrected chi connectivity index (χ0v) is 24.1. The molecule has 0 saturated heterocycles. The summed E-state index contributed by atoms with van der Waals surface area (Å²) in [6.07, 6.45) is 0. The van der Waals surface area contributed by atoms with E-state index < -0.39 is 7.14 Å². The van der Waals surface area contributed by atoms with Crippen LogP contribution in [0.1, 0.15) is 29.2 Å². The van der Waals surface area contributed by atoms with Gasteiger partial charge in [0, 0.05) is 15.9 Å². The van der Waals surface area contributed by atoms with Crippen molar-refractivity contribution < 1.29 is 28.2 Å². The summed E-state index contributed by atoms with van der Waals surface area (Å²) in [6, 6.07) is 9.69. The van der Waals surface area contributed by atoms with Crippen molar-refractivity contribution in [3.63, 3.8) is 0 Å². The molecular weight excluding hydrogens is 578 g/mol. The van der Waals surface area contributed by atoms with Crippen LogP contribution in [-0.2, 0) is 4.57 Å². The van der Waals surface area contributed by atoms with E-state index in [1.165, 1.54) is 0 Å². The van der Waals surface area contributed by atoms with Crippen molar-refractivity contribution in [2.24, 2.45) is 0 Å². The fourth-order valence-electron chi connectivity index (χ4n) is 4.78. The first-order chi connectivity index (χ1) is 16.7. The molecule has 0 spiro atoms. The standard InChI is InChI=1S/C27H30IO6P/c1-8-32-21-13-22(23(28)27-26(21)33-14-34-27)35(29,19-9-15(2)24(30-6)16(3)10-19)20-11-17(4)25(31-7)18(5)12-20/h9-13H,8,14H2,1-7H3. The van der Waals surface area contributed by atoms with E-state index in [-0.39, 0.29) is 6.79 Å². The molecule has 8 heteroatoms. The Hall–Kier alpha value is -2.38. The molecule has 0 fully saturated rings. The number of benzene rings is 3. The number of hydrogen-bond acceptors (Lipinski definition) is 6. The molecule has 1 aliphatic heterocycles. The van der Waals surface area contributed by atoms with Crippen molar-refractivity contribution in [2.75, 3.05) is 27.6 Å². The summed E-state index contributed by atoms with van der Waals surface area (Å²) in [7, 11) is -0.0941. The molecule has 1 aliphatic rings. The largest absolute Gasteiger partial charge is 0.496 e. The topological polar surface area (TPSA) is 63.2 Å². The van der Waals surface area contributed by atoms with Gasteiger partial charge in [-0.1, -0.05) is 0 Å². The van der Waals surface area contributed by atoms with Gasteiger partial charge in [0.05, 0.1) is 24.4 Å². The maximum absolute atomic E-state index is 15.6. The minimum absolute atomic E-state index is 0.0979. The predicted octanol–water partition coefficient (Wildman–Crippen LogP) is 5.31. The molecule has 35 heavy (non-hydrogen) atoms. The summed E-state index contributed by atoms with van der Waals surface area (Å²) in [5, 5.41) is 2.09. The first-order valence-electron chi connectivity index (χ1n) is 11.3. The lowest BCUT2D eigenvalue weighted by atomic mass is 10.1. The Labute approximate surface area is 220 Å². The summed E-state index contributed by atoms with van der Waals surface area (Å²) < 4.78 is 44.9. The number of aryl methyl sites for hydroxylation is 4. The normalized spacial score (nSPS) is 12.6. The molecule has 0 N–H and O–H groups in total. The molecule has 0 aromatic heterocycles. The Morgan fingerprint density at radius 1 is 0.829 bits per heavy atom. The Morgan fingerprint density at radius 3 is 1.71 bits per heavy atom. The molecule has 186 valence electrons. The number of rotatable bonds is 7. The third-order valence-corrected chi connectivity index (χ3v) is 10.7. The molecule has 1 heterocycles. The summed E-state index contributed by atoms with van der Waals surface area (Å²) in [5.74, 6) is 3.22. The average Bonchev–Trinajstić information content (AvgIpc) is 3.31. The Bertz CT molecular complexity index is 1240. The molecule has 3 aromatic rings. The van der Waals surface area contributed by atoms with Gasteiger partial charge in [-0.25, -0.2) is 0 Å². The third kappa shape index (κ3) is 4.27. The number of fused-ring (bicyclic) bond motifs is 1. The number of hydrogen-bond donors (Lipinski definition) is 0. The van der Waals surface area contributed by atoms with Crippen LogP contribution in [0.3, 0.4) is 0 Å². The van der Waals surface area contributed by atoms with Gasteiger partial charge in [-0.15, -0.1) is 0 Å². The minimum atomic E-state index is -3.40. The summed E-state index contributed by atoms with van der Waals surface area (Å²) in [6.45, 7) is 10.3. The van der Waals surface area contributed by atoms with Crippen molar-refractivity contribution in [3.8, 4) is 28.7 Å². The summed E-state index contributed by atoms with van der Waals surface area (Å²) in [4.78, 5) is 0. The second-order valence-electron chi connectivity index (χ2n) is 8.54. The van der Waals surface area contributed by atoms with E-state index in [0.717, 1.165) is 47.9 Å². The second kappa shape index (κ2) is 9.94. The van der Waals surface area contributed by atoms with E-state index in [4.69, 9.17) is 23.7 Å². The Morgan fingerprint density at radius 2 is 1.29 bits per heavy atom. The lowest BCUT2D eigenvalue weighted by Crippen LogP contribution is -2.28. The van der Waals surface area contributed by atoms with Crippen LogP contribution in [0.5, 0.6) is 28.7 Å². The lowest BCUT2D eigenvalue weighted by molar-refractivity contribution is 0.169. The van der Waals surface area contributed by atoms with Gasteiger partial charge < -0.3 is 28.2 Å². The van der Waals surface area contributed by atoms with Gasteiger partial charge in [0.25, 0.3) is 0 Å². The van der Waals surface area contributed by atoms with Crippen LogP contribution >= 0.6 is 29.7 Å². The van der Waals surface area contributed by atoms with Gasteiger partial charge in [-0.3, -0.25) is 0 Å². The van der Waals surface area contributed by atoms with Gasteiger partial charge in [0.1, 0.15) is 11.5 Å². The predicted molar refractivity (Wildman–Crippen MR) is 148 cm³/mol. The molecule has 0 bridgehead atoms. The lowest BCUT2D eigenvalue weighted by Gasteiger charge is -2.25. The molecule has 6 nitrogen and oxygen atoms in total. The fraction of sp³-hybridized carbons (Fsp3) is 0.333. The smallest absolute Gasteiger partial charge is 0.231 e. The molecule has 3 aromatic carbocycles. The molecule has 0 aliphatic carbocycles. The molecule has 0 unspecified atom stereocenters. The maximum atomic E-state index is 15.6. The van der Waals surface area contributed by atoms with Crippen LogP contribution < -0.4 is 39.6 Å². The molecule has 0 saturated carbocycles. The van der Waals surface area contributed by atoms with Crippen LogP contribution in [0.4, 0.5) is 0 Å². The molecular formula is C27H30IO6P. The van der Waals surface area contributed by atoms with Crippen LogP contribution in [0.2, 0.25) is 0 Å². The van der Waals surface area contributed by atoms with Gasteiger partial charge in [-0.05, 0) is 110 Å². The monoisotopic (exact) mass is 608 g/mol. The quantitative estimate of drug-likeness (QED) is 0.268. The number of methoxy groups -OCH3 is 2. The van der Waals surface area contributed by atoms with E-state index in [0.29, 0.717) is 29.2 Å². The Kier molecular flexibility index (Phi) is 7.30. The summed E-state index contributed by atoms with van der Waals surface area (Å²) >= 11 is 2.21. The second-order valence-corrected chi connectivity index (χ2v) is 12.4. The third-order valence-electron chi connectivity index (χ3n) is 6.19. The minimum Gasteiger partial charge on any atom is -0.496 e.